The fraction of sp³-hybridized carbons (Fsp3) is 0.267. The SMILES string of the molecule is COC(=O)c1sc(-c2ccc(Br)cc2)c(C(C)C)c1N. The highest BCUT2D eigenvalue weighted by Gasteiger charge is 2.23. The topological polar surface area (TPSA) is 52.3 Å². The minimum absolute atomic E-state index is 0.239. The molecule has 0 fully saturated rings. The number of anilines is 1. The molecule has 0 spiro atoms. The van der Waals surface area contributed by atoms with Crippen LogP contribution in [0.1, 0.15) is 35.0 Å². The second-order valence-electron chi connectivity index (χ2n) is 4.74. The first-order chi connectivity index (χ1) is 9.45. The molecule has 0 unspecified atom stereocenters. The number of nitrogens with two attached hydrogens (primary N) is 1. The number of hydrogen-bond acceptors (Lipinski definition) is 4. The summed E-state index contributed by atoms with van der Waals surface area (Å²) in [6, 6.07) is 7.99. The van der Waals surface area contributed by atoms with Crippen LogP contribution in [0, 0.1) is 0 Å². The molecule has 0 amide bonds. The van der Waals surface area contributed by atoms with Gasteiger partial charge in [-0.15, -0.1) is 11.3 Å². The van der Waals surface area contributed by atoms with Gasteiger partial charge in [0, 0.05) is 9.35 Å². The van der Waals surface area contributed by atoms with E-state index in [-0.39, 0.29) is 11.9 Å². The summed E-state index contributed by atoms with van der Waals surface area (Å²) in [7, 11) is 1.37. The predicted octanol–water partition coefficient (Wildman–Crippen LogP) is 4.67. The monoisotopic (exact) mass is 353 g/mol. The lowest BCUT2D eigenvalue weighted by Gasteiger charge is -2.09. The Morgan fingerprint density at radius 1 is 1.30 bits per heavy atom. The van der Waals surface area contributed by atoms with E-state index in [0.717, 1.165) is 20.5 Å². The van der Waals surface area contributed by atoms with E-state index in [9.17, 15) is 4.79 Å². The third-order valence-electron chi connectivity index (χ3n) is 3.04. The van der Waals surface area contributed by atoms with Gasteiger partial charge in [0.25, 0.3) is 0 Å². The van der Waals surface area contributed by atoms with E-state index in [0.29, 0.717) is 10.6 Å². The molecule has 1 aromatic heterocycles. The van der Waals surface area contributed by atoms with Crippen molar-refractivity contribution in [3.8, 4) is 10.4 Å². The highest BCUT2D eigenvalue weighted by Crippen LogP contribution is 2.43. The van der Waals surface area contributed by atoms with Crippen molar-refractivity contribution in [2.45, 2.75) is 19.8 Å². The van der Waals surface area contributed by atoms with Crippen LogP contribution in [0.15, 0.2) is 28.7 Å². The Balaban J connectivity index is 2.62. The van der Waals surface area contributed by atoms with E-state index in [2.05, 4.69) is 29.8 Å². The van der Waals surface area contributed by atoms with Gasteiger partial charge in [-0.1, -0.05) is 41.9 Å². The average molecular weight is 354 g/mol. The van der Waals surface area contributed by atoms with Gasteiger partial charge in [-0.3, -0.25) is 0 Å². The van der Waals surface area contributed by atoms with Crippen molar-refractivity contribution in [1.29, 1.82) is 0 Å². The fourth-order valence-corrected chi connectivity index (χ4v) is 3.65. The van der Waals surface area contributed by atoms with Crippen LogP contribution < -0.4 is 5.73 Å². The van der Waals surface area contributed by atoms with Crippen molar-refractivity contribution < 1.29 is 9.53 Å². The highest BCUT2D eigenvalue weighted by molar-refractivity contribution is 9.10. The summed E-state index contributed by atoms with van der Waals surface area (Å²) in [5, 5.41) is 0. The molecule has 3 nitrogen and oxygen atoms in total. The number of carbonyl (C=O) groups is 1. The Bertz CT molecular complexity index is 632. The van der Waals surface area contributed by atoms with Gasteiger partial charge in [0.15, 0.2) is 0 Å². The van der Waals surface area contributed by atoms with Crippen LogP contribution in [0.3, 0.4) is 0 Å². The smallest absolute Gasteiger partial charge is 0.350 e. The van der Waals surface area contributed by atoms with Gasteiger partial charge in [0.2, 0.25) is 0 Å². The normalized spacial score (nSPS) is 10.8. The maximum absolute atomic E-state index is 11.8. The summed E-state index contributed by atoms with van der Waals surface area (Å²) >= 11 is 4.82. The first kappa shape index (κ1) is 15.1. The van der Waals surface area contributed by atoms with Gasteiger partial charge in [-0.25, -0.2) is 4.79 Å². The first-order valence-electron chi connectivity index (χ1n) is 6.22. The molecule has 2 N–H and O–H groups in total. The molecule has 2 aromatic rings. The summed E-state index contributed by atoms with van der Waals surface area (Å²) in [5.74, 6) is -0.138. The predicted molar refractivity (Wildman–Crippen MR) is 87.3 cm³/mol. The van der Waals surface area contributed by atoms with Crippen molar-refractivity contribution >= 4 is 38.9 Å². The molecule has 0 aliphatic rings. The van der Waals surface area contributed by atoms with Crippen molar-refractivity contribution in [1.82, 2.24) is 0 Å². The molecule has 0 saturated heterocycles. The maximum atomic E-state index is 11.8. The molecular formula is C15H16BrNO2S. The van der Waals surface area contributed by atoms with Gasteiger partial charge in [-0.2, -0.15) is 0 Å². The second-order valence-corrected chi connectivity index (χ2v) is 6.68. The summed E-state index contributed by atoms with van der Waals surface area (Å²) in [6.45, 7) is 4.14. The molecule has 1 heterocycles. The number of rotatable bonds is 3. The molecule has 0 bridgehead atoms. The third-order valence-corrected chi connectivity index (χ3v) is 4.82. The standard InChI is InChI=1S/C15H16BrNO2S/c1-8(2)11-12(17)14(15(18)19-3)20-13(11)9-4-6-10(16)7-5-9/h4-8H,17H2,1-3H3. The van der Waals surface area contributed by atoms with Crippen LogP contribution in [0.5, 0.6) is 0 Å². The zero-order valence-corrected chi connectivity index (χ0v) is 14.0. The van der Waals surface area contributed by atoms with Gasteiger partial charge in [0.1, 0.15) is 4.88 Å². The molecule has 5 heteroatoms. The lowest BCUT2D eigenvalue weighted by molar-refractivity contribution is 0.0607. The zero-order valence-electron chi connectivity index (χ0n) is 11.6. The third kappa shape index (κ3) is 2.74. The van der Waals surface area contributed by atoms with E-state index in [1.165, 1.54) is 18.4 Å². The van der Waals surface area contributed by atoms with Gasteiger partial charge >= 0.3 is 5.97 Å². The molecule has 0 atom stereocenters. The van der Waals surface area contributed by atoms with E-state index in [1.54, 1.807) is 0 Å². The van der Waals surface area contributed by atoms with Crippen LogP contribution in [0.4, 0.5) is 5.69 Å². The summed E-state index contributed by atoms with van der Waals surface area (Å²) in [6.07, 6.45) is 0. The lowest BCUT2D eigenvalue weighted by atomic mass is 9.98. The number of nitrogen functional groups attached to an aromatic ring is 1. The molecule has 0 radical (unpaired) electrons. The Morgan fingerprint density at radius 2 is 1.90 bits per heavy atom. The van der Waals surface area contributed by atoms with Gasteiger partial charge < -0.3 is 10.5 Å². The fourth-order valence-electron chi connectivity index (χ4n) is 2.09. The number of thiophene rings is 1. The first-order valence-corrected chi connectivity index (χ1v) is 7.83. The van der Waals surface area contributed by atoms with Crippen molar-refractivity contribution in [3.05, 3.63) is 39.2 Å². The largest absolute Gasteiger partial charge is 0.465 e. The highest BCUT2D eigenvalue weighted by atomic mass is 79.9. The minimum atomic E-state index is -0.377. The number of esters is 1. The van der Waals surface area contributed by atoms with Crippen LogP contribution in [-0.4, -0.2) is 13.1 Å². The average Bonchev–Trinajstić information content (AvgIpc) is 2.76. The second kappa shape index (κ2) is 5.97. The number of ether oxygens (including phenoxy) is 1. The van der Waals surface area contributed by atoms with Crippen LogP contribution in [0.2, 0.25) is 0 Å². The molecule has 106 valence electrons. The number of carbonyl (C=O) groups excluding carboxylic acids is 1. The van der Waals surface area contributed by atoms with Gasteiger partial charge in [-0.05, 0) is 29.2 Å². The minimum Gasteiger partial charge on any atom is -0.465 e. The Kier molecular flexibility index (Phi) is 4.50. The maximum Gasteiger partial charge on any atom is 0.350 e. The Hall–Kier alpha value is -1.33. The van der Waals surface area contributed by atoms with Crippen molar-refractivity contribution in [2.24, 2.45) is 0 Å². The summed E-state index contributed by atoms with van der Waals surface area (Å²) < 4.78 is 5.82. The van der Waals surface area contributed by atoms with Crippen LogP contribution in [0.25, 0.3) is 10.4 Å². The lowest BCUT2D eigenvalue weighted by Crippen LogP contribution is -2.03. The van der Waals surface area contributed by atoms with Crippen molar-refractivity contribution in [3.63, 3.8) is 0 Å². The Morgan fingerprint density at radius 3 is 2.40 bits per heavy atom. The number of halogens is 1. The molecule has 20 heavy (non-hydrogen) atoms. The number of methoxy groups -OCH3 is 1. The molecule has 0 aliphatic heterocycles. The summed E-state index contributed by atoms with van der Waals surface area (Å²) in [5.41, 5.74) is 8.76. The van der Waals surface area contributed by atoms with Crippen molar-refractivity contribution in [2.75, 3.05) is 12.8 Å². The molecule has 0 aliphatic carbocycles. The van der Waals surface area contributed by atoms with Gasteiger partial charge in [0.05, 0.1) is 12.8 Å². The van der Waals surface area contributed by atoms with Crippen LogP contribution >= 0.6 is 27.3 Å². The summed E-state index contributed by atoms with van der Waals surface area (Å²) in [4.78, 5) is 13.3. The van der Waals surface area contributed by atoms with E-state index in [1.807, 2.05) is 24.3 Å². The zero-order chi connectivity index (χ0) is 14.9. The van der Waals surface area contributed by atoms with Crippen LogP contribution in [-0.2, 0) is 4.74 Å². The van der Waals surface area contributed by atoms with E-state index < -0.39 is 0 Å². The molecule has 1 aromatic carbocycles. The molecular weight excluding hydrogens is 338 g/mol. The number of benzene rings is 1. The Labute approximate surface area is 130 Å². The molecule has 0 saturated carbocycles. The quantitative estimate of drug-likeness (QED) is 0.815. The van der Waals surface area contributed by atoms with E-state index >= 15 is 0 Å². The molecule has 2 rings (SSSR count). The van der Waals surface area contributed by atoms with E-state index in [4.69, 9.17) is 10.5 Å². The number of hydrogen-bond donors (Lipinski definition) is 1.